The molecule has 2 saturated heterocycles. The van der Waals surface area contributed by atoms with Crippen LogP contribution in [0.2, 0.25) is 0 Å². The number of rotatable bonds is 10. The number of piperazine rings is 1. The Balaban J connectivity index is 1.29. The van der Waals surface area contributed by atoms with Gasteiger partial charge < -0.3 is 4.74 Å². The predicted octanol–water partition coefficient (Wildman–Crippen LogP) is 4.10. The Morgan fingerprint density at radius 2 is 1.61 bits per heavy atom. The quantitative estimate of drug-likeness (QED) is 0.404. The zero-order valence-electron chi connectivity index (χ0n) is 19.6. The van der Waals surface area contributed by atoms with E-state index in [-0.39, 0.29) is 24.3 Å². The summed E-state index contributed by atoms with van der Waals surface area (Å²) in [5.41, 5.74) is 1.94. The first-order valence-electron chi connectivity index (χ1n) is 12.3. The van der Waals surface area contributed by atoms with Crippen LogP contribution in [0, 0.1) is 0 Å². The van der Waals surface area contributed by atoms with Crippen molar-refractivity contribution in [2.45, 2.75) is 51.6 Å². The van der Waals surface area contributed by atoms with Crippen LogP contribution in [0.3, 0.4) is 0 Å². The monoisotopic (exact) mass is 449 g/mol. The molecule has 2 aliphatic rings. The summed E-state index contributed by atoms with van der Waals surface area (Å²) in [6.45, 7) is 7.21. The minimum atomic E-state index is -0.356. The van der Waals surface area contributed by atoms with Gasteiger partial charge in [-0.15, -0.1) is 0 Å². The number of carbonyl (C=O) groups is 2. The van der Waals surface area contributed by atoms with E-state index in [2.05, 4.69) is 41.0 Å². The zero-order valence-corrected chi connectivity index (χ0v) is 19.6. The standard InChI is InChI=1S/C27H35N3O3/c1-2-3-4-8-19-33-24-13-11-23(12-14-24)30-26(31)20-25(27(30)32)29-17-15-28(16-18-29)21-22-9-6-5-7-10-22/h5-7,9-14,25H,2-4,8,15-21H2,1H3/t25-/m0/s1. The van der Waals surface area contributed by atoms with E-state index in [9.17, 15) is 9.59 Å². The number of imide groups is 1. The van der Waals surface area contributed by atoms with Gasteiger partial charge in [0.15, 0.2) is 0 Å². The molecule has 0 unspecified atom stereocenters. The molecule has 0 N–H and O–H groups in total. The van der Waals surface area contributed by atoms with E-state index >= 15 is 0 Å². The van der Waals surface area contributed by atoms with Crippen LogP contribution in [-0.2, 0) is 16.1 Å². The Bertz CT molecular complexity index is 908. The normalized spacial score (nSPS) is 19.9. The molecule has 0 aromatic heterocycles. The maximum atomic E-state index is 13.2. The lowest BCUT2D eigenvalue weighted by Gasteiger charge is -2.37. The molecule has 33 heavy (non-hydrogen) atoms. The van der Waals surface area contributed by atoms with Gasteiger partial charge in [0.1, 0.15) is 5.75 Å². The summed E-state index contributed by atoms with van der Waals surface area (Å²) in [5.74, 6) is 0.551. The maximum Gasteiger partial charge on any atom is 0.251 e. The van der Waals surface area contributed by atoms with Gasteiger partial charge >= 0.3 is 0 Å². The first-order chi connectivity index (χ1) is 16.2. The Labute approximate surface area is 197 Å². The van der Waals surface area contributed by atoms with Gasteiger partial charge in [0.2, 0.25) is 5.91 Å². The third kappa shape index (κ3) is 6.01. The van der Waals surface area contributed by atoms with Crippen LogP contribution in [0.15, 0.2) is 54.6 Å². The number of hydrogen-bond donors (Lipinski definition) is 0. The lowest BCUT2D eigenvalue weighted by molar-refractivity contribution is -0.123. The molecule has 2 heterocycles. The van der Waals surface area contributed by atoms with Crippen molar-refractivity contribution in [1.82, 2.24) is 9.80 Å². The number of ether oxygens (including phenoxy) is 1. The Hall–Kier alpha value is -2.70. The molecule has 2 aromatic rings. The lowest BCUT2D eigenvalue weighted by Crippen LogP contribution is -2.52. The average Bonchev–Trinajstić information content (AvgIpc) is 3.14. The van der Waals surface area contributed by atoms with Crippen LogP contribution in [0.4, 0.5) is 5.69 Å². The van der Waals surface area contributed by atoms with E-state index in [1.165, 1.54) is 29.7 Å². The highest BCUT2D eigenvalue weighted by Gasteiger charge is 2.43. The molecule has 0 bridgehead atoms. The number of benzene rings is 2. The minimum Gasteiger partial charge on any atom is -0.494 e. The highest BCUT2D eigenvalue weighted by Crippen LogP contribution is 2.28. The Morgan fingerprint density at radius 3 is 2.30 bits per heavy atom. The number of hydrogen-bond acceptors (Lipinski definition) is 5. The van der Waals surface area contributed by atoms with Gasteiger partial charge in [0.05, 0.1) is 24.8 Å². The molecule has 0 aliphatic carbocycles. The summed E-state index contributed by atoms with van der Waals surface area (Å²) in [6, 6.07) is 17.4. The van der Waals surface area contributed by atoms with Crippen molar-refractivity contribution in [1.29, 1.82) is 0 Å². The lowest BCUT2D eigenvalue weighted by atomic mass is 10.1. The highest BCUT2D eigenvalue weighted by atomic mass is 16.5. The molecule has 2 amide bonds. The van der Waals surface area contributed by atoms with Crippen molar-refractivity contribution in [2.75, 3.05) is 37.7 Å². The summed E-state index contributed by atoms with van der Waals surface area (Å²) in [6.07, 6.45) is 4.90. The molecule has 1 atom stereocenters. The predicted molar refractivity (Wildman–Crippen MR) is 130 cm³/mol. The molecular formula is C27H35N3O3. The van der Waals surface area contributed by atoms with Crippen LogP contribution in [0.1, 0.15) is 44.6 Å². The van der Waals surface area contributed by atoms with Gasteiger partial charge in [-0.25, -0.2) is 4.90 Å². The van der Waals surface area contributed by atoms with E-state index in [1.54, 1.807) is 0 Å². The van der Waals surface area contributed by atoms with Gasteiger partial charge in [0, 0.05) is 32.7 Å². The molecule has 0 radical (unpaired) electrons. The van der Waals surface area contributed by atoms with Crippen LogP contribution in [-0.4, -0.2) is 60.4 Å². The summed E-state index contributed by atoms with van der Waals surface area (Å²) in [7, 11) is 0. The van der Waals surface area contributed by atoms with Crippen LogP contribution in [0.25, 0.3) is 0 Å². The second kappa shape index (κ2) is 11.4. The first kappa shape index (κ1) is 23.5. The summed E-state index contributed by atoms with van der Waals surface area (Å²) >= 11 is 0. The van der Waals surface area contributed by atoms with E-state index in [0.29, 0.717) is 12.3 Å². The third-order valence-corrected chi connectivity index (χ3v) is 6.58. The van der Waals surface area contributed by atoms with Crippen LogP contribution >= 0.6 is 0 Å². The van der Waals surface area contributed by atoms with Crippen LogP contribution < -0.4 is 9.64 Å². The molecule has 2 fully saturated rings. The SMILES string of the molecule is CCCCCCOc1ccc(N2C(=O)C[C@H](N3CCN(Cc4ccccc4)CC3)C2=O)cc1. The highest BCUT2D eigenvalue weighted by molar-refractivity contribution is 6.22. The first-order valence-corrected chi connectivity index (χ1v) is 12.3. The number of unbranched alkanes of at least 4 members (excludes halogenated alkanes) is 3. The smallest absolute Gasteiger partial charge is 0.251 e. The number of nitrogens with zero attached hydrogens (tertiary/aromatic N) is 3. The van der Waals surface area contributed by atoms with Gasteiger partial charge in [-0.2, -0.15) is 0 Å². The van der Waals surface area contributed by atoms with Crippen molar-refractivity contribution in [3.05, 3.63) is 60.2 Å². The summed E-state index contributed by atoms with van der Waals surface area (Å²) in [4.78, 5) is 31.8. The minimum absolute atomic E-state index is 0.107. The fourth-order valence-corrected chi connectivity index (χ4v) is 4.66. The molecule has 0 spiro atoms. The van der Waals surface area contributed by atoms with Crippen LogP contribution in [0.5, 0.6) is 5.75 Å². The van der Waals surface area contributed by atoms with Crippen molar-refractivity contribution >= 4 is 17.5 Å². The van der Waals surface area contributed by atoms with Gasteiger partial charge in [-0.1, -0.05) is 56.5 Å². The molecule has 6 nitrogen and oxygen atoms in total. The van der Waals surface area contributed by atoms with Gasteiger partial charge in [0.25, 0.3) is 5.91 Å². The maximum absolute atomic E-state index is 13.2. The Kier molecular flexibility index (Phi) is 8.13. The average molecular weight is 450 g/mol. The van der Waals surface area contributed by atoms with E-state index in [4.69, 9.17) is 4.74 Å². The third-order valence-electron chi connectivity index (χ3n) is 6.58. The van der Waals surface area contributed by atoms with E-state index in [1.807, 2.05) is 30.3 Å². The molecule has 0 saturated carbocycles. The second-order valence-electron chi connectivity index (χ2n) is 8.99. The molecule has 2 aromatic carbocycles. The van der Waals surface area contributed by atoms with Crippen molar-refractivity contribution in [3.8, 4) is 5.75 Å². The molecule has 2 aliphatic heterocycles. The molecule has 176 valence electrons. The number of amides is 2. The fourth-order valence-electron chi connectivity index (χ4n) is 4.66. The number of carbonyl (C=O) groups excluding carboxylic acids is 2. The topological polar surface area (TPSA) is 53.1 Å². The second-order valence-corrected chi connectivity index (χ2v) is 8.99. The molecular weight excluding hydrogens is 414 g/mol. The van der Waals surface area contributed by atoms with Gasteiger partial charge in [-0.05, 0) is 36.2 Å². The van der Waals surface area contributed by atoms with E-state index in [0.717, 1.165) is 44.9 Å². The van der Waals surface area contributed by atoms with E-state index < -0.39 is 0 Å². The molecule has 4 rings (SSSR count). The Morgan fingerprint density at radius 1 is 0.879 bits per heavy atom. The van der Waals surface area contributed by atoms with Crippen molar-refractivity contribution < 1.29 is 14.3 Å². The summed E-state index contributed by atoms with van der Waals surface area (Å²) in [5, 5.41) is 0. The number of anilines is 1. The largest absolute Gasteiger partial charge is 0.494 e. The van der Waals surface area contributed by atoms with Crippen molar-refractivity contribution in [3.63, 3.8) is 0 Å². The van der Waals surface area contributed by atoms with Crippen molar-refractivity contribution in [2.24, 2.45) is 0 Å². The summed E-state index contributed by atoms with van der Waals surface area (Å²) < 4.78 is 5.79. The zero-order chi connectivity index (χ0) is 23.0. The molecule has 6 heteroatoms. The fraction of sp³-hybridized carbons (Fsp3) is 0.481. The van der Waals surface area contributed by atoms with Gasteiger partial charge in [-0.3, -0.25) is 19.4 Å².